The van der Waals surface area contributed by atoms with E-state index >= 15 is 0 Å². The van der Waals surface area contributed by atoms with Crippen LogP contribution in [0.3, 0.4) is 0 Å². The van der Waals surface area contributed by atoms with Crippen LogP contribution >= 0.6 is 0 Å². The Morgan fingerprint density at radius 2 is 1.90 bits per heavy atom. The van der Waals surface area contributed by atoms with Crippen LogP contribution in [0.5, 0.6) is 11.8 Å². The largest absolute Gasteiger partial charge is 0.424 e. The van der Waals surface area contributed by atoms with Gasteiger partial charge in [0.15, 0.2) is 0 Å². The molecule has 1 aromatic heterocycles. The highest BCUT2D eigenvalue weighted by Gasteiger charge is 2.07. The van der Waals surface area contributed by atoms with Crippen molar-refractivity contribution in [1.29, 1.82) is 0 Å². The highest BCUT2D eigenvalue weighted by atomic mass is 16.5. The van der Waals surface area contributed by atoms with Crippen LogP contribution in [0.4, 0.5) is 0 Å². The van der Waals surface area contributed by atoms with Crippen molar-refractivity contribution in [1.82, 2.24) is 9.97 Å². The van der Waals surface area contributed by atoms with Crippen molar-refractivity contribution in [2.75, 3.05) is 0 Å². The first kappa shape index (κ1) is 12.6. The lowest BCUT2D eigenvalue weighted by molar-refractivity contribution is 0.279. The van der Waals surface area contributed by atoms with Crippen molar-refractivity contribution in [2.45, 2.75) is 13.5 Å². The van der Waals surface area contributed by atoms with Gasteiger partial charge in [-0.05, 0) is 18.4 Å². The van der Waals surface area contributed by atoms with E-state index in [-0.39, 0.29) is 12.6 Å². The summed E-state index contributed by atoms with van der Waals surface area (Å²) in [7, 11) is 0. The van der Waals surface area contributed by atoms with Crippen molar-refractivity contribution < 1.29 is 9.84 Å². The van der Waals surface area contributed by atoms with Gasteiger partial charge in [-0.25, -0.2) is 4.98 Å². The maximum Gasteiger partial charge on any atom is 0.322 e. The standard InChI is InChI=1S/C16H14N2O2/c1-11-13(10-19)9-17-16(18-11)20-15-8-4-6-12-5-2-3-7-14(12)15/h2-9,19H,10H2,1H3. The molecule has 0 saturated carbocycles. The molecule has 4 nitrogen and oxygen atoms in total. The van der Waals surface area contributed by atoms with Crippen LogP contribution < -0.4 is 4.74 Å². The number of aliphatic hydroxyl groups excluding tert-OH is 1. The first-order valence-electron chi connectivity index (χ1n) is 6.37. The summed E-state index contributed by atoms with van der Waals surface area (Å²) in [6, 6.07) is 14.1. The van der Waals surface area contributed by atoms with E-state index < -0.39 is 0 Å². The van der Waals surface area contributed by atoms with Crippen LogP contribution in [0.15, 0.2) is 48.7 Å². The van der Waals surface area contributed by atoms with E-state index in [1.807, 2.05) is 49.4 Å². The Morgan fingerprint density at radius 1 is 1.10 bits per heavy atom. The van der Waals surface area contributed by atoms with E-state index in [0.717, 1.165) is 22.2 Å². The van der Waals surface area contributed by atoms with Gasteiger partial charge in [0.2, 0.25) is 0 Å². The third kappa shape index (κ3) is 2.33. The molecule has 20 heavy (non-hydrogen) atoms. The number of aliphatic hydroxyl groups is 1. The molecule has 100 valence electrons. The average Bonchev–Trinajstić information content (AvgIpc) is 2.48. The molecule has 0 amide bonds. The zero-order chi connectivity index (χ0) is 13.9. The van der Waals surface area contributed by atoms with E-state index in [4.69, 9.17) is 9.84 Å². The average molecular weight is 266 g/mol. The lowest BCUT2D eigenvalue weighted by Crippen LogP contribution is -1.98. The van der Waals surface area contributed by atoms with Gasteiger partial charge in [0, 0.05) is 17.1 Å². The predicted molar refractivity (Wildman–Crippen MR) is 76.7 cm³/mol. The summed E-state index contributed by atoms with van der Waals surface area (Å²) in [5.41, 5.74) is 1.42. The molecule has 0 radical (unpaired) electrons. The molecule has 1 heterocycles. The minimum Gasteiger partial charge on any atom is -0.424 e. The fourth-order valence-electron chi connectivity index (χ4n) is 2.06. The fourth-order valence-corrected chi connectivity index (χ4v) is 2.06. The number of ether oxygens (including phenoxy) is 1. The van der Waals surface area contributed by atoms with E-state index in [9.17, 15) is 0 Å². The molecule has 0 unspecified atom stereocenters. The van der Waals surface area contributed by atoms with Crippen LogP contribution in [0.2, 0.25) is 0 Å². The van der Waals surface area contributed by atoms with Gasteiger partial charge < -0.3 is 9.84 Å². The van der Waals surface area contributed by atoms with Crippen LogP contribution in [0.25, 0.3) is 10.8 Å². The second-order valence-corrected chi connectivity index (χ2v) is 4.50. The molecular weight excluding hydrogens is 252 g/mol. The fraction of sp³-hybridized carbons (Fsp3) is 0.125. The molecule has 0 spiro atoms. The Labute approximate surface area is 116 Å². The summed E-state index contributed by atoms with van der Waals surface area (Å²) in [4.78, 5) is 8.37. The third-order valence-corrected chi connectivity index (χ3v) is 3.18. The second kappa shape index (κ2) is 5.27. The van der Waals surface area contributed by atoms with Gasteiger partial charge in [0.1, 0.15) is 5.75 Å². The number of rotatable bonds is 3. The zero-order valence-corrected chi connectivity index (χ0v) is 11.1. The minimum atomic E-state index is -0.0691. The lowest BCUT2D eigenvalue weighted by Gasteiger charge is -2.08. The summed E-state index contributed by atoms with van der Waals surface area (Å²) in [5, 5.41) is 11.2. The van der Waals surface area contributed by atoms with Gasteiger partial charge in [0.05, 0.1) is 12.3 Å². The van der Waals surface area contributed by atoms with Gasteiger partial charge in [-0.2, -0.15) is 4.98 Å². The van der Waals surface area contributed by atoms with Crippen molar-refractivity contribution in [3.05, 3.63) is 59.9 Å². The molecule has 0 aliphatic heterocycles. The molecule has 0 atom stereocenters. The number of fused-ring (bicyclic) bond motifs is 1. The van der Waals surface area contributed by atoms with Gasteiger partial charge in [-0.15, -0.1) is 0 Å². The van der Waals surface area contributed by atoms with Crippen LogP contribution in [-0.2, 0) is 6.61 Å². The number of aromatic nitrogens is 2. The molecule has 4 heteroatoms. The quantitative estimate of drug-likeness (QED) is 0.790. The lowest BCUT2D eigenvalue weighted by atomic mass is 10.1. The van der Waals surface area contributed by atoms with Crippen LogP contribution in [0, 0.1) is 6.92 Å². The predicted octanol–water partition coefficient (Wildman–Crippen LogP) is 3.22. The zero-order valence-electron chi connectivity index (χ0n) is 11.1. The Bertz CT molecular complexity index is 751. The summed E-state index contributed by atoms with van der Waals surface area (Å²) < 4.78 is 5.77. The van der Waals surface area contributed by atoms with Crippen molar-refractivity contribution in [3.8, 4) is 11.8 Å². The smallest absolute Gasteiger partial charge is 0.322 e. The van der Waals surface area contributed by atoms with Gasteiger partial charge in [-0.3, -0.25) is 0 Å². The number of nitrogens with zero attached hydrogens (tertiary/aromatic N) is 2. The molecule has 3 rings (SSSR count). The molecule has 0 saturated heterocycles. The number of aryl methyl sites for hydroxylation is 1. The topological polar surface area (TPSA) is 55.2 Å². The van der Waals surface area contributed by atoms with Gasteiger partial charge in [-0.1, -0.05) is 36.4 Å². The van der Waals surface area contributed by atoms with E-state index in [1.54, 1.807) is 6.20 Å². The van der Waals surface area contributed by atoms with Crippen molar-refractivity contribution in [2.24, 2.45) is 0 Å². The summed E-state index contributed by atoms with van der Waals surface area (Å²) >= 11 is 0. The van der Waals surface area contributed by atoms with E-state index in [0.29, 0.717) is 5.56 Å². The first-order valence-corrected chi connectivity index (χ1v) is 6.37. The summed E-state index contributed by atoms with van der Waals surface area (Å²) in [6.45, 7) is 1.75. The number of hydrogen-bond acceptors (Lipinski definition) is 4. The SMILES string of the molecule is Cc1nc(Oc2cccc3ccccc23)ncc1CO. The third-order valence-electron chi connectivity index (χ3n) is 3.18. The Balaban J connectivity index is 1.99. The number of hydrogen-bond donors (Lipinski definition) is 1. The van der Waals surface area contributed by atoms with Crippen molar-refractivity contribution >= 4 is 10.8 Å². The molecule has 0 aliphatic carbocycles. The second-order valence-electron chi connectivity index (χ2n) is 4.50. The highest BCUT2D eigenvalue weighted by molar-refractivity contribution is 5.88. The van der Waals surface area contributed by atoms with Crippen LogP contribution in [0.1, 0.15) is 11.3 Å². The number of benzene rings is 2. The normalized spacial score (nSPS) is 10.7. The molecular formula is C16H14N2O2. The maximum atomic E-state index is 9.12. The minimum absolute atomic E-state index is 0.0691. The summed E-state index contributed by atoms with van der Waals surface area (Å²) in [5.74, 6) is 0.722. The molecule has 1 N–H and O–H groups in total. The maximum absolute atomic E-state index is 9.12. The Kier molecular flexibility index (Phi) is 3.31. The molecule has 3 aromatic rings. The van der Waals surface area contributed by atoms with E-state index in [2.05, 4.69) is 9.97 Å². The van der Waals surface area contributed by atoms with Gasteiger partial charge >= 0.3 is 6.01 Å². The Morgan fingerprint density at radius 3 is 2.70 bits per heavy atom. The Hall–Kier alpha value is -2.46. The molecule has 2 aromatic carbocycles. The molecule has 0 fully saturated rings. The summed E-state index contributed by atoms with van der Waals surface area (Å²) in [6.07, 6.45) is 1.59. The molecule has 0 aliphatic rings. The van der Waals surface area contributed by atoms with Crippen LogP contribution in [-0.4, -0.2) is 15.1 Å². The monoisotopic (exact) mass is 266 g/mol. The highest BCUT2D eigenvalue weighted by Crippen LogP contribution is 2.28. The molecule has 0 bridgehead atoms. The first-order chi connectivity index (χ1) is 9.78. The van der Waals surface area contributed by atoms with E-state index in [1.165, 1.54) is 0 Å². The van der Waals surface area contributed by atoms with Crippen molar-refractivity contribution in [3.63, 3.8) is 0 Å². The van der Waals surface area contributed by atoms with Gasteiger partial charge in [0.25, 0.3) is 0 Å².